The number of halogens is 1. The van der Waals surface area contributed by atoms with Gasteiger partial charge in [-0.25, -0.2) is 0 Å². The summed E-state index contributed by atoms with van der Waals surface area (Å²) in [6.45, 7) is 1.60. The zero-order chi connectivity index (χ0) is 22.9. The summed E-state index contributed by atoms with van der Waals surface area (Å²) in [7, 11) is 3.99. The standard InChI is InChI=1S/C27H27ClN4O/c1-31-16-13-22-23-17-20(28)10-11-24(23)30-25(22)26(31)18-6-8-19(9-7-18)27(33)32(2)15-12-21-5-3-4-14-29-21/h3-11,14,17,26,30H,12-13,15-16H2,1-2H3. The number of hydrogen-bond donors (Lipinski definition) is 1. The normalized spacial score (nSPS) is 16.0. The molecule has 2 aromatic carbocycles. The molecule has 5 rings (SSSR count). The second-order valence-corrected chi connectivity index (χ2v) is 9.20. The minimum absolute atomic E-state index is 0.0235. The molecule has 0 aliphatic carbocycles. The molecule has 1 atom stereocenters. The SMILES string of the molecule is CN(CCc1ccccn1)C(=O)c1ccc(C2c3[nH]c4ccc(Cl)cc4c3CCN2C)cc1. The Morgan fingerprint density at radius 3 is 2.76 bits per heavy atom. The molecule has 6 heteroatoms. The van der Waals surface area contributed by atoms with Crippen LogP contribution in [-0.2, 0) is 12.8 Å². The van der Waals surface area contributed by atoms with Gasteiger partial charge >= 0.3 is 0 Å². The van der Waals surface area contributed by atoms with Crippen molar-refractivity contribution in [3.8, 4) is 0 Å². The molecule has 1 unspecified atom stereocenters. The van der Waals surface area contributed by atoms with Gasteiger partial charge in [-0.15, -0.1) is 0 Å². The average molecular weight is 459 g/mol. The summed E-state index contributed by atoms with van der Waals surface area (Å²) in [5.74, 6) is 0.0235. The van der Waals surface area contributed by atoms with Gasteiger partial charge in [0, 0.05) is 65.6 Å². The smallest absolute Gasteiger partial charge is 0.253 e. The molecule has 4 aromatic rings. The Morgan fingerprint density at radius 1 is 1.18 bits per heavy atom. The average Bonchev–Trinajstić information content (AvgIpc) is 3.20. The van der Waals surface area contributed by atoms with E-state index in [0.717, 1.165) is 35.6 Å². The summed E-state index contributed by atoms with van der Waals surface area (Å²) in [6.07, 6.45) is 3.51. The van der Waals surface area contributed by atoms with E-state index in [1.165, 1.54) is 22.2 Å². The largest absolute Gasteiger partial charge is 0.357 e. The summed E-state index contributed by atoms with van der Waals surface area (Å²) in [6, 6.07) is 20.0. The van der Waals surface area contributed by atoms with Gasteiger partial charge in [0.05, 0.1) is 6.04 Å². The second-order valence-electron chi connectivity index (χ2n) is 8.76. The van der Waals surface area contributed by atoms with Crippen LogP contribution in [0.3, 0.4) is 0 Å². The van der Waals surface area contributed by atoms with E-state index in [-0.39, 0.29) is 11.9 Å². The number of rotatable bonds is 5. The first-order chi connectivity index (χ1) is 16.0. The molecule has 0 saturated carbocycles. The number of hydrogen-bond acceptors (Lipinski definition) is 3. The van der Waals surface area contributed by atoms with Crippen LogP contribution >= 0.6 is 11.6 Å². The third kappa shape index (κ3) is 4.26. The Hall–Kier alpha value is -3.15. The highest BCUT2D eigenvalue weighted by atomic mass is 35.5. The number of amides is 1. The second kappa shape index (κ2) is 9.00. The number of nitrogens with one attached hydrogen (secondary N) is 1. The van der Waals surface area contributed by atoms with Gasteiger partial charge in [0.2, 0.25) is 0 Å². The molecule has 33 heavy (non-hydrogen) atoms. The lowest BCUT2D eigenvalue weighted by molar-refractivity contribution is 0.0796. The highest BCUT2D eigenvalue weighted by Gasteiger charge is 2.29. The molecule has 5 nitrogen and oxygen atoms in total. The van der Waals surface area contributed by atoms with E-state index in [0.29, 0.717) is 12.1 Å². The van der Waals surface area contributed by atoms with Gasteiger partial charge < -0.3 is 9.88 Å². The van der Waals surface area contributed by atoms with Gasteiger partial charge in [-0.1, -0.05) is 29.8 Å². The molecular formula is C27H27ClN4O. The molecule has 3 heterocycles. The van der Waals surface area contributed by atoms with Gasteiger partial charge in [0.25, 0.3) is 5.91 Å². The monoisotopic (exact) mass is 458 g/mol. The Balaban J connectivity index is 1.36. The lowest BCUT2D eigenvalue weighted by Gasteiger charge is -2.33. The van der Waals surface area contributed by atoms with Crippen LogP contribution in [0, 0.1) is 0 Å². The van der Waals surface area contributed by atoms with Crippen molar-refractivity contribution in [3.63, 3.8) is 0 Å². The predicted molar refractivity (Wildman–Crippen MR) is 133 cm³/mol. The summed E-state index contributed by atoms with van der Waals surface area (Å²) < 4.78 is 0. The molecule has 0 bridgehead atoms. The molecule has 0 fully saturated rings. The summed E-state index contributed by atoms with van der Waals surface area (Å²) in [4.78, 5) is 25.0. The Kier molecular flexibility index (Phi) is 5.92. The first-order valence-electron chi connectivity index (χ1n) is 11.3. The van der Waals surface area contributed by atoms with Crippen molar-refractivity contribution in [2.75, 3.05) is 27.2 Å². The zero-order valence-corrected chi connectivity index (χ0v) is 19.6. The van der Waals surface area contributed by atoms with Gasteiger partial charge in [-0.2, -0.15) is 0 Å². The fourth-order valence-electron chi connectivity index (χ4n) is 4.76. The minimum Gasteiger partial charge on any atom is -0.357 e. The van der Waals surface area contributed by atoms with E-state index < -0.39 is 0 Å². The number of nitrogens with zero attached hydrogens (tertiary/aromatic N) is 3. The lowest BCUT2D eigenvalue weighted by atomic mass is 9.92. The van der Waals surface area contributed by atoms with Crippen molar-refractivity contribution in [3.05, 3.63) is 100.0 Å². The maximum Gasteiger partial charge on any atom is 0.253 e. The third-order valence-electron chi connectivity index (χ3n) is 6.58. The maximum absolute atomic E-state index is 12.9. The number of benzene rings is 2. The Morgan fingerprint density at radius 2 is 2.00 bits per heavy atom. The number of carbonyl (C=O) groups is 1. The number of aromatic nitrogens is 2. The topological polar surface area (TPSA) is 52.2 Å². The number of pyridine rings is 1. The van der Waals surface area contributed by atoms with E-state index in [9.17, 15) is 4.79 Å². The molecule has 1 aliphatic heterocycles. The minimum atomic E-state index is 0.0235. The Labute approximate surface area is 199 Å². The molecule has 168 valence electrons. The highest BCUT2D eigenvalue weighted by Crippen LogP contribution is 2.38. The number of fused-ring (bicyclic) bond motifs is 3. The van der Waals surface area contributed by atoms with Gasteiger partial charge in [0.1, 0.15) is 0 Å². The summed E-state index contributed by atoms with van der Waals surface area (Å²) in [5, 5.41) is 1.96. The van der Waals surface area contributed by atoms with Crippen LogP contribution in [0.1, 0.15) is 38.9 Å². The van der Waals surface area contributed by atoms with Crippen LogP contribution in [0.25, 0.3) is 10.9 Å². The van der Waals surface area contributed by atoms with Gasteiger partial charge in [0.15, 0.2) is 0 Å². The summed E-state index contributed by atoms with van der Waals surface area (Å²) in [5.41, 5.74) is 6.53. The van der Waals surface area contributed by atoms with Crippen molar-refractivity contribution in [2.24, 2.45) is 0 Å². The molecule has 0 radical (unpaired) electrons. The first-order valence-corrected chi connectivity index (χ1v) is 11.6. The summed E-state index contributed by atoms with van der Waals surface area (Å²) >= 11 is 6.27. The van der Waals surface area contributed by atoms with Crippen LogP contribution in [-0.4, -0.2) is 52.9 Å². The number of likely N-dealkylation sites (N-methyl/N-ethyl adjacent to an activating group) is 2. The van der Waals surface area contributed by atoms with Crippen molar-refractivity contribution >= 4 is 28.4 Å². The fourth-order valence-corrected chi connectivity index (χ4v) is 4.93. The van der Waals surface area contributed by atoms with E-state index in [2.05, 4.69) is 46.2 Å². The van der Waals surface area contributed by atoms with Crippen LogP contribution in [0.15, 0.2) is 66.9 Å². The van der Waals surface area contributed by atoms with E-state index >= 15 is 0 Å². The van der Waals surface area contributed by atoms with Crippen molar-refractivity contribution in [1.29, 1.82) is 0 Å². The van der Waals surface area contributed by atoms with Gasteiger partial charge in [-0.3, -0.25) is 14.7 Å². The van der Waals surface area contributed by atoms with Crippen molar-refractivity contribution < 1.29 is 4.79 Å². The molecular weight excluding hydrogens is 432 g/mol. The van der Waals surface area contributed by atoms with Crippen molar-refractivity contribution in [1.82, 2.24) is 19.8 Å². The van der Waals surface area contributed by atoms with Crippen LogP contribution < -0.4 is 0 Å². The number of aromatic amines is 1. The lowest BCUT2D eigenvalue weighted by Crippen LogP contribution is -2.33. The predicted octanol–water partition coefficient (Wildman–Crippen LogP) is 5.11. The van der Waals surface area contributed by atoms with Crippen LogP contribution in [0.4, 0.5) is 0 Å². The Bertz CT molecular complexity index is 1280. The van der Waals surface area contributed by atoms with E-state index in [1.807, 2.05) is 43.4 Å². The van der Waals surface area contributed by atoms with Crippen LogP contribution in [0.2, 0.25) is 5.02 Å². The quantitative estimate of drug-likeness (QED) is 0.452. The molecule has 1 N–H and O–H groups in total. The van der Waals surface area contributed by atoms with E-state index in [4.69, 9.17) is 11.6 Å². The first kappa shape index (κ1) is 21.7. The molecule has 0 saturated heterocycles. The number of H-pyrrole nitrogens is 1. The molecule has 0 spiro atoms. The fraction of sp³-hybridized carbons (Fsp3) is 0.259. The maximum atomic E-state index is 12.9. The van der Waals surface area contributed by atoms with Gasteiger partial charge in [-0.05, 0) is 67.1 Å². The highest BCUT2D eigenvalue weighted by molar-refractivity contribution is 6.31. The third-order valence-corrected chi connectivity index (χ3v) is 6.81. The van der Waals surface area contributed by atoms with Crippen molar-refractivity contribution in [2.45, 2.75) is 18.9 Å². The molecule has 1 amide bonds. The zero-order valence-electron chi connectivity index (χ0n) is 18.9. The number of carbonyl (C=O) groups excluding carboxylic acids is 1. The molecule has 1 aliphatic rings. The van der Waals surface area contributed by atoms with Crippen LogP contribution in [0.5, 0.6) is 0 Å². The molecule has 2 aromatic heterocycles. The van der Waals surface area contributed by atoms with E-state index in [1.54, 1.807) is 11.1 Å².